The zero-order valence-corrected chi connectivity index (χ0v) is 8.95. The Hall–Kier alpha value is -0.440. The summed E-state index contributed by atoms with van der Waals surface area (Å²) >= 11 is 5.06. The molecule has 1 fully saturated rings. The van der Waals surface area contributed by atoms with Gasteiger partial charge in [-0.15, -0.1) is 0 Å². The molecular formula is C10H17NOS. The van der Waals surface area contributed by atoms with E-state index in [1.54, 1.807) is 0 Å². The second-order valence-corrected chi connectivity index (χ2v) is 4.22. The van der Waals surface area contributed by atoms with E-state index in [1.165, 1.54) is 12.8 Å². The standard InChI is InChI=1S/C10H17NOS/c1-2-3-4-9(12)11-10(13)7-8-5-6-8/h8H,2-7H2,1H3,(H,11,12,13). The van der Waals surface area contributed by atoms with Crippen molar-refractivity contribution in [1.29, 1.82) is 0 Å². The van der Waals surface area contributed by atoms with Crippen LogP contribution >= 0.6 is 12.2 Å². The number of carbonyl (C=O) groups is 1. The summed E-state index contributed by atoms with van der Waals surface area (Å²) in [6, 6.07) is 0. The molecule has 1 aliphatic rings. The molecule has 1 N–H and O–H groups in total. The third kappa shape index (κ3) is 4.98. The molecule has 0 radical (unpaired) electrons. The Balaban J connectivity index is 2.07. The number of carbonyl (C=O) groups excluding carboxylic acids is 1. The molecule has 0 spiro atoms. The number of unbranched alkanes of at least 4 members (excludes halogenated alkanes) is 1. The molecule has 0 saturated heterocycles. The van der Waals surface area contributed by atoms with Crippen LogP contribution in [0.25, 0.3) is 0 Å². The van der Waals surface area contributed by atoms with E-state index in [-0.39, 0.29) is 5.91 Å². The monoisotopic (exact) mass is 199 g/mol. The van der Waals surface area contributed by atoms with Crippen LogP contribution in [0.5, 0.6) is 0 Å². The highest BCUT2D eigenvalue weighted by atomic mass is 32.1. The van der Waals surface area contributed by atoms with E-state index in [4.69, 9.17) is 12.2 Å². The van der Waals surface area contributed by atoms with Crippen molar-refractivity contribution in [2.75, 3.05) is 0 Å². The summed E-state index contributed by atoms with van der Waals surface area (Å²) in [5.41, 5.74) is 0. The summed E-state index contributed by atoms with van der Waals surface area (Å²) in [6.07, 6.45) is 6.10. The summed E-state index contributed by atoms with van der Waals surface area (Å²) < 4.78 is 0. The fourth-order valence-electron chi connectivity index (χ4n) is 1.19. The highest BCUT2D eigenvalue weighted by Gasteiger charge is 2.23. The molecule has 1 rings (SSSR count). The minimum atomic E-state index is 0.0903. The van der Waals surface area contributed by atoms with E-state index in [1.807, 2.05) is 0 Å². The van der Waals surface area contributed by atoms with Crippen LogP contribution in [0.3, 0.4) is 0 Å². The van der Waals surface area contributed by atoms with Crippen molar-refractivity contribution >= 4 is 23.1 Å². The van der Waals surface area contributed by atoms with E-state index >= 15 is 0 Å². The van der Waals surface area contributed by atoms with Gasteiger partial charge in [-0.2, -0.15) is 0 Å². The number of hydrogen-bond acceptors (Lipinski definition) is 2. The van der Waals surface area contributed by atoms with Crippen molar-refractivity contribution in [1.82, 2.24) is 5.32 Å². The third-order valence-corrected chi connectivity index (χ3v) is 2.48. The molecule has 0 bridgehead atoms. The number of thiocarbonyl (C=S) groups is 1. The van der Waals surface area contributed by atoms with Gasteiger partial charge in [-0.3, -0.25) is 4.79 Å². The molecule has 0 unspecified atom stereocenters. The lowest BCUT2D eigenvalue weighted by atomic mass is 10.2. The molecule has 0 aromatic heterocycles. The summed E-state index contributed by atoms with van der Waals surface area (Å²) in [5.74, 6) is 0.853. The minimum Gasteiger partial charge on any atom is -0.320 e. The van der Waals surface area contributed by atoms with Crippen molar-refractivity contribution in [3.63, 3.8) is 0 Å². The Morgan fingerprint density at radius 2 is 2.23 bits per heavy atom. The summed E-state index contributed by atoms with van der Waals surface area (Å²) in [4.78, 5) is 12.0. The summed E-state index contributed by atoms with van der Waals surface area (Å²) in [7, 11) is 0. The van der Waals surface area contributed by atoms with Crippen molar-refractivity contribution in [3.8, 4) is 0 Å². The van der Waals surface area contributed by atoms with Crippen LogP contribution in [0.4, 0.5) is 0 Å². The van der Waals surface area contributed by atoms with Gasteiger partial charge in [0.15, 0.2) is 0 Å². The number of rotatable bonds is 5. The molecule has 0 aromatic carbocycles. The molecule has 1 aliphatic carbocycles. The molecule has 0 atom stereocenters. The first-order valence-corrected chi connectivity index (χ1v) is 5.46. The Kier molecular flexibility index (Phi) is 4.36. The zero-order chi connectivity index (χ0) is 9.68. The first-order valence-electron chi connectivity index (χ1n) is 5.05. The second-order valence-electron chi connectivity index (χ2n) is 3.72. The maximum Gasteiger partial charge on any atom is 0.224 e. The van der Waals surface area contributed by atoms with Crippen molar-refractivity contribution < 1.29 is 4.79 Å². The lowest BCUT2D eigenvalue weighted by Crippen LogP contribution is -2.28. The second kappa shape index (κ2) is 5.32. The van der Waals surface area contributed by atoms with Gasteiger partial charge in [0.25, 0.3) is 0 Å². The van der Waals surface area contributed by atoms with Crippen molar-refractivity contribution in [2.24, 2.45) is 5.92 Å². The van der Waals surface area contributed by atoms with E-state index < -0.39 is 0 Å². The molecule has 0 aromatic rings. The van der Waals surface area contributed by atoms with Gasteiger partial charge in [0.2, 0.25) is 5.91 Å². The highest BCUT2D eigenvalue weighted by molar-refractivity contribution is 7.80. The van der Waals surface area contributed by atoms with Gasteiger partial charge in [-0.25, -0.2) is 0 Å². The van der Waals surface area contributed by atoms with E-state index in [9.17, 15) is 4.79 Å². The van der Waals surface area contributed by atoms with Gasteiger partial charge in [0, 0.05) is 12.8 Å². The van der Waals surface area contributed by atoms with Crippen LogP contribution in [0.2, 0.25) is 0 Å². The Labute approximate surface area is 85.1 Å². The fourth-order valence-corrected chi connectivity index (χ4v) is 1.54. The zero-order valence-electron chi connectivity index (χ0n) is 8.14. The van der Waals surface area contributed by atoms with Crippen molar-refractivity contribution in [2.45, 2.75) is 45.4 Å². The molecule has 0 aliphatic heterocycles. The van der Waals surface area contributed by atoms with Gasteiger partial charge in [0.1, 0.15) is 0 Å². The van der Waals surface area contributed by atoms with Crippen molar-refractivity contribution in [3.05, 3.63) is 0 Å². The van der Waals surface area contributed by atoms with E-state index in [0.717, 1.165) is 30.2 Å². The van der Waals surface area contributed by atoms with Gasteiger partial charge < -0.3 is 5.32 Å². The molecule has 13 heavy (non-hydrogen) atoms. The van der Waals surface area contributed by atoms with Gasteiger partial charge >= 0.3 is 0 Å². The lowest BCUT2D eigenvalue weighted by molar-refractivity contribution is -0.119. The Morgan fingerprint density at radius 1 is 1.54 bits per heavy atom. The highest BCUT2D eigenvalue weighted by Crippen LogP contribution is 2.32. The van der Waals surface area contributed by atoms with Crippen LogP contribution in [-0.4, -0.2) is 10.9 Å². The Bertz CT molecular complexity index is 199. The van der Waals surface area contributed by atoms with Gasteiger partial charge in [0.05, 0.1) is 4.99 Å². The van der Waals surface area contributed by atoms with Crippen LogP contribution in [0, 0.1) is 5.92 Å². The smallest absolute Gasteiger partial charge is 0.224 e. The first kappa shape index (κ1) is 10.6. The average Bonchev–Trinajstić information content (AvgIpc) is 2.84. The SMILES string of the molecule is CCCCC(=O)NC(=S)CC1CC1. The largest absolute Gasteiger partial charge is 0.320 e. The quantitative estimate of drug-likeness (QED) is 0.689. The third-order valence-electron chi connectivity index (χ3n) is 2.21. The Morgan fingerprint density at radius 3 is 2.77 bits per heavy atom. The predicted molar refractivity (Wildman–Crippen MR) is 57.6 cm³/mol. The van der Waals surface area contributed by atoms with Gasteiger partial charge in [-0.05, 0) is 25.2 Å². The number of hydrogen-bond donors (Lipinski definition) is 1. The molecule has 0 heterocycles. The summed E-state index contributed by atoms with van der Waals surface area (Å²) in [5, 5.41) is 2.78. The average molecular weight is 199 g/mol. The van der Waals surface area contributed by atoms with Crippen LogP contribution in [0.1, 0.15) is 45.4 Å². The summed E-state index contributed by atoms with van der Waals surface area (Å²) in [6.45, 7) is 2.08. The van der Waals surface area contributed by atoms with Crippen LogP contribution < -0.4 is 5.32 Å². The normalized spacial score (nSPS) is 15.5. The maximum absolute atomic E-state index is 11.2. The maximum atomic E-state index is 11.2. The van der Waals surface area contributed by atoms with Crippen LogP contribution in [0.15, 0.2) is 0 Å². The van der Waals surface area contributed by atoms with E-state index in [2.05, 4.69) is 12.2 Å². The van der Waals surface area contributed by atoms with Gasteiger partial charge in [-0.1, -0.05) is 25.6 Å². The molecule has 1 amide bonds. The molecule has 3 heteroatoms. The minimum absolute atomic E-state index is 0.0903. The number of nitrogens with one attached hydrogen (secondary N) is 1. The molecule has 1 saturated carbocycles. The molecule has 74 valence electrons. The fraction of sp³-hybridized carbons (Fsp3) is 0.800. The molecular weight excluding hydrogens is 182 g/mol. The molecule has 2 nitrogen and oxygen atoms in total. The predicted octanol–water partition coefficient (Wildman–Crippen LogP) is 2.42. The number of amides is 1. The first-order chi connectivity index (χ1) is 6.22. The topological polar surface area (TPSA) is 29.1 Å². The lowest BCUT2D eigenvalue weighted by Gasteiger charge is -2.04. The van der Waals surface area contributed by atoms with E-state index in [0.29, 0.717) is 6.42 Å². The van der Waals surface area contributed by atoms with Crippen LogP contribution in [-0.2, 0) is 4.79 Å².